The predicted molar refractivity (Wildman–Crippen MR) is 147 cm³/mol. The van der Waals surface area contributed by atoms with E-state index in [-0.39, 0.29) is 5.65 Å². The largest absolute Gasteiger partial charge is 0.385 e. The van der Waals surface area contributed by atoms with Crippen molar-refractivity contribution in [2.45, 2.75) is 20.3 Å². The van der Waals surface area contributed by atoms with Crippen LogP contribution in [0.15, 0.2) is 90.2 Å². The molecule has 0 radical (unpaired) electrons. The summed E-state index contributed by atoms with van der Waals surface area (Å²) in [4.78, 5) is 22.0. The van der Waals surface area contributed by atoms with Crippen LogP contribution in [0.25, 0.3) is 33.7 Å². The highest BCUT2D eigenvalue weighted by molar-refractivity contribution is 5.92. The molecule has 0 amide bonds. The van der Waals surface area contributed by atoms with Crippen molar-refractivity contribution in [1.29, 1.82) is 0 Å². The van der Waals surface area contributed by atoms with Gasteiger partial charge in [-0.15, -0.1) is 0 Å². The monoisotopic (exact) mass is 508 g/mol. The summed E-state index contributed by atoms with van der Waals surface area (Å²) >= 11 is 0. The van der Waals surface area contributed by atoms with Gasteiger partial charge >= 0.3 is 0 Å². The maximum absolute atomic E-state index is 14.7. The molecule has 0 aliphatic carbocycles. The number of halogens is 2. The highest BCUT2D eigenvalue weighted by Crippen LogP contribution is 2.31. The zero-order valence-corrected chi connectivity index (χ0v) is 21.1. The van der Waals surface area contributed by atoms with Gasteiger partial charge in [-0.3, -0.25) is 9.36 Å². The number of hydrogen-bond donors (Lipinski definition) is 1. The molecule has 7 heteroatoms. The van der Waals surface area contributed by atoms with Crippen molar-refractivity contribution in [3.8, 4) is 16.9 Å². The van der Waals surface area contributed by atoms with E-state index in [0.717, 1.165) is 52.1 Å². The van der Waals surface area contributed by atoms with Gasteiger partial charge in [0, 0.05) is 29.3 Å². The van der Waals surface area contributed by atoms with Crippen LogP contribution in [0.1, 0.15) is 22.5 Å². The molecule has 0 atom stereocenters. The van der Waals surface area contributed by atoms with Crippen LogP contribution in [0.5, 0.6) is 0 Å². The number of hydrogen-bond acceptors (Lipinski definition) is 4. The molecule has 2 aromatic heterocycles. The molecule has 0 aliphatic rings. The summed E-state index contributed by atoms with van der Waals surface area (Å²) in [5.41, 5.74) is 4.28. The fourth-order valence-electron chi connectivity index (χ4n) is 4.52. The van der Waals surface area contributed by atoms with Gasteiger partial charge in [0.15, 0.2) is 5.65 Å². The van der Waals surface area contributed by atoms with E-state index in [1.165, 1.54) is 17.7 Å². The molecule has 190 valence electrons. The van der Waals surface area contributed by atoms with E-state index < -0.39 is 22.9 Å². The van der Waals surface area contributed by atoms with Crippen LogP contribution < -0.4 is 10.9 Å². The molecule has 0 saturated carbocycles. The third kappa shape index (κ3) is 4.83. The van der Waals surface area contributed by atoms with E-state index in [4.69, 9.17) is 0 Å². The van der Waals surface area contributed by atoms with Crippen molar-refractivity contribution < 1.29 is 8.78 Å². The van der Waals surface area contributed by atoms with E-state index >= 15 is 0 Å². The molecule has 0 saturated heterocycles. The molecule has 0 spiro atoms. The van der Waals surface area contributed by atoms with Gasteiger partial charge in [0.05, 0.1) is 5.69 Å². The van der Waals surface area contributed by atoms with Crippen LogP contribution in [0.2, 0.25) is 0 Å². The number of aromatic nitrogens is 3. The Kier molecular flexibility index (Phi) is 6.83. The smallest absolute Gasteiger partial charge is 0.256 e. The van der Waals surface area contributed by atoms with Crippen LogP contribution in [0, 0.1) is 25.5 Å². The quantitative estimate of drug-likeness (QED) is 0.287. The number of para-hydroxylation sites is 1. The summed E-state index contributed by atoms with van der Waals surface area (Å²) in [7, 11) is 0. The fourth-order valence-corrected chi connectivity index (χ4v) is 4.52. The minimum Gasteiger partial charge on any atom is -0.385 e. The minimum absolute atomic E-state index is 0.133. The first-order valence-electron chi connectivity index (χ1n) is 12.3. The Balaban J connectivity index is 1.57. The SMILES string of the molecule is C=C(NCCc1ccccc1)c1ccc(C)c(-c2nc(C)nc3c2ccc(=O)n3-c2c(F)cccc2F)c1. The van der Waals surface area contributed by atoms with Crippen LogP contribution in [0.3, 0.4) is 0 Å². The minimum atomic E-state index is -0.853. The molecule has 0 unspecified atom stereocenters. The first-order valence-corrected chi connectivity index (χ1v) is 12.3. The highest BCUT2D eigenvalue weighted by Gasteiger charge is 2.19. The number of nitrogens with one attached hydrogen (secondary N) is 1. The van der Waals surface area contributed by atoms with Crippen LogP contribution in [-0.2, 0) is 6.42 Å². The Bertz CT molecular complexity index is 1710. The standard InChI is InChI=1S/C31H26F2N4O/c1-19-12-13-23(20(2)34-17-16-22-8-5-4-6-9-22)18-25(19)29-24-14-15-28(38)37(31(24)36-21(3)35-29)30-26(32)10-7-11-27(30)33/h4-15,18,34H,2,16-17H2,1,3H3. The zero-order valence-electron chi connectivity index (χ0n) is 21.1. The van der Waals surface area contributed by atoms with Crippen molar-refractivity contribution in [3.05, 3.63) is 130 Å². The van der Waals surface area contributed by atoms with Gasteiger partial charge < -0.3 is 5.32 Å². The summed E-state index contributed by atoms with van der Waals surface area (Å²) in [6.07, 6.45) is 0.860. The molecule has 5 nitrogen and oxygen atoms in total. The third-order valence-electron chi connectivity index (χ3n) is 6.46. The first-order chi connectivity index (χ1) is 18.3. The normalized spacial score (nSPS) is 11.1. The van der Waals surface area contributed by atoms with Crippen LogP contribution in [0.4, 0.5) is 8.78 Å². The lowest BCUT2D eigenvalue weighted by atomic mass is 9.98. The Hall–Kier alpha value is -4.65. The summed E-state index contributed by atoms with van der Waals surface area (Å²) in [5, 5.41) is 3.89. The van der Waals surface area contributed by atoms with Gasteiger partial charge in [0.2, 0.25) is 0 Å². The van der Waals surface area contributed by atoms with E-state index in [2.05, 4.69) is 34.0 Å². The predicted octanol–water partition coefficient (Wildman–Crippen LogP) is 6.15. The van der Waals surface area contributed by atoms with Crippen molar-refractivity contribution in [2.75, 3.05) is 6.54 Å². The average Bonchev–Trinajstić information content (AvgIpc) is 2.90. The van der Waals surface area contributed by atoms with Gasteiger partial charge in [-0.25, -0.2) is 18.7 Å². The summed E-state index contributed by atoms with van der Waals surface area (Å²) in [6.45, 7) is 8.58. The lowest BCUT2D eigenvalue weighted by molar-refractivity contribution is 0.568. The van der Waals surface area contributed by atoms with Gasteiger partial charge in [-0.1, -0.05) is 55.1 Å². The Morgan fingerprint density at radius 1 is 0.921 bits per heavy atom. The topological polar surface area (TPSA) is 59.8 Å². The van der Waals surface area contributed by atoms with E-state index in [0.29, 0.717) is 16.9 Å². The summed E-state index contributed by atoms with van der Waals surface area (Å²) in [6, 6.07) is 22.5. The number of pyridine rings is 1. The van der Waals surface area contributed by atoms with Crippen molar-refractivity contribution in [3.63, 3.8) is 0 Å². The Labute approximate surface area is 219 Å². The zero-order chi connectivity index (χ0) is 26.8. The Morgan fingerprint density at radius 3 is 2.39 bits per heavy atom. The first kappa shape index (κ1) is 25.0. The summed E-state index contributed by atoms with van der Waals surface area (Å²) < 4.78 is 30.4. The lowest BCUT2D eigenvalue weighted by Crippen LogP contribution is -2.21. The molecule has 0 bridgehead atoms. The molecule has 5 rings (SSSR count). The fraction of sp³-hybridized carbons (Fsp3) is 0.129. The molecule has 38 heavy (non-hydrogen) atoms. The molecule has 3 aromatic carbocycles. The van der Waals surface area contributed by atoms with Crippen molar-refractivity contribution in [2.24, 2.45) is 0 Å². The van der Waals surface area contributed by atoms with E-state index in [1.54, 1.807) is 13.0 Å². The van der Waals surface area contributed by atoms with Gasteiger partial charge in [-0.2, -0.15) is 0 Å². The second-order valence-corrected chi connectivity index (χ2v) is 9.10. The molecule has 5 aromatic rings. The second-order valence-electron chi connectivity index (χ2n) is 9.10. The van der Waals surface area contributed by atoms with E-state index in [1.807, 2.05) is 43.3 Å². The average molecular weight is 509 g/mol. The maximum Gasteiger partial charge on any atom is 0.256 e. The van der Waals surface area contributed by atoms with Crippen LogP contribution in [-0.4, -0.2) is 21.1 Å². The highest BCUT2D eigenvalue weighted by atomic mass is 19.1. The molecular formula is C31H26F2N4O. The van der Waals surface area contributed by atoms with E-state index in [9.17, 15) is 13.6 Å². The Morgan fingerprint density at radius 2 is 1.66 bits per heavy atom. The molecule has 2 heterocycles. The molecular weight excluding hydrogens is 482 g/mol. The third-order valence-corrected chi connectivity index (χ3v) is 6.46. The van der Waals surface area contributed by atoms with Gasteiger partial charge in [0.25, 0.3) is 5.56 Å². The molecule has 1 N–H and O–H groups in total. The number of nitrogens with zero attached hydrogens (tertiary/aromatic N) is 3. The van der Waals surface area contributed by atoms with Gasteiger partial charge in [-0.05, 0) is 61.2 Å². The lowest BCUT2D eigenvalue weighted by Gasteiger charge is -2.16. The second kappa shape index (κ2) is 10.4. The van der Waals surface area contributed by atoms with Crippen molar-refractivity contribution in [1.82, 2.24) is 19.9 Å². The van der Waals surface area contributed by atoms with Crippen molar-refractivity contribution >= 4 is 16.7 Å². The molecule has 0 fully saturated rings. The number of fused-ring (bicyclic) bond motifs is 1. The number of benzene rings is 3. The number of rotatable bonds is 7. The summed E-state index contributed by atoms with van der Waals surface area (Å²) in [5.74, 6) is -1.34. The van der Waals surface area contributed by atoms with Crippen LogP contribution >= 0.6 is 0 Å². The number of aryl methyl sites for hydroxylation is 2. The van der Waals surface area contributed by atoms with Gasteiger partial charge in [0.1, 0.15) is 23.1 Å². The maximum atomic E-state index is 14.7. The molecule has 0 aliphatic heterocycles.